The highest BCUT2D eigenvalue weighted by Crippen LogP contribution is 2.22. The molecule has 2 N–H and O–H groups in total. The summed E-state index contributed by atoms with van der Waals surface area (Å²) >= 11 is 8.02. The number of guanidine groups is 1. The second-order valence-electron chi connectivity index (χ2n) is 5.63. The highest BCUT2D eigenvalue weighted by Gasteiger charge is 2.05. The highest BCUT2D eigenvalue weighted by molar-refractivity contribution is 14.0. The summed E-state index contributed by atoms with van der Waals surface area (Å²) in [5, 5.41) is 8.50. The molecule has 1 aromatic carbocycles. The largest absolute Gasteiger partial charge is 0.497 e. The summed E-state index contributed by atoms with van der Waals surface area (Å²) in [6.45, 7) is 5.71. The Labute approximate surface area is 181 Å². The van der Waals surface area contributed by atoms with Gasteiger partial charge in [-0.05, 0) is 38.0 Å². The molecule has 0 amide bonds. The van der Waals surface area contributed by atoms with E-state index in [2.05, 4.69) is 27.5 Å². The molecule has 0 bridgehead atoms. The molecule has 26 heavy (non-hydrogen) atoms. The molecule has 0 spiro atoms. The first-order chi connectivity index (χ1) is 12.0. The number of halogens is 2. The molecule has 0 aliphatic heterocycles. The van der Waals surface area contributed by atoms with E-state index in [1.165, 1.54) is 4.88 Å². The van der Waals surface area contributed by atoms with Crippen LogP contribution in [0.4, 0.5) is 0 Å². The molecule has 0 aliphatic rings. The zero-order valence-electron chi connectivity index (χ0n) is 15.6. The molecule has 2 aromatic rings. The zero-order valence-corrected chi connectivity index (χ0v) is 19.5. The number of aryl methyl sites for hydroxylation is 2. The minimum atomic E-state index is 0. The number of hydrogen-bond acceptors (Lipinski definition) is 4. The van der Waals surface area contributed by atoms with Gasteiger partial charge in [0.05, 0.1) is 17.8 Å². The lowest BCUT2D eigenvalue weighted by molar-refractivity contribution is 0.414. The standard InChI is InChI=1S/C18H25ClN4OS.HI/c1-12-13(2)25-17(23-12)8-10-22-18(20-3)21-9-7-14-5-6-15(24-4)11-16(14)19;/h5-6,11H,7-10H2,1-4H3,(H2,20,21,22);1H. The van der Waals surface area contributed by atoms with Crippen LogP contribution in [0.15, 0.2) is 23.2 Å². The van der Waals surface area contributed by atoms with Gasteiger partial charge in [-0.2, -0.15) is 0 Å². The van der Waals surface area contributed by atoms with Crippen LogP contribution in [0.5, 0.6) is 5.75 Å². The van der Waals surface area contributed by atoms with Crippen molar-refractivity contribution < 1.29 is 4.74 Å². The Balaban J connectivity index is 0.00000338. The van der Waals surface area contributed by atoms with Crippen LogP contribution in [0.3, 0.4) is 0 Å². The summed E-state index contributed by atoms with van der Waals surface area (Å²) in [7, 11) is 3.41. The van der Waals surface area contributed by atoms with E-state index in [0.717, 1.165) is 58.9 Å². The van der Waals surface area contributed by atoms with Crippen LogP contribution in [-0.2, 0) is 12.8 Å². The van der Waals surface area contributed by atoms with E-state index < -0.39 is 0 Å². The Morgan fingerprint density at radius 2 is 1.92 bits per heavy atom. The normalized spacial score (nSPS) is 11.0. The van der Waals surface area contributed by atoms with Crippen molar-refractivity contribution in [2.45, 2.75) is 26.7 Å². The first kappa shape index (κ1) is 23.0. The molecule has 0 saturated carbocycles. The predicted octanol–water partition coefficient (Wildman–Crippen LogP) is 3.99. The summed E-state index contributed by atoms with van der Waals surface area (Å²) in [6, 6.07) is 5.75. The van der Waals surface area contributed by atoms with Gasteiger partial charge in [0.25, 0.3) is 0 Å². The molecule has 1 aromatic heterocycles. The summed E-state index contributed by atoms with van der Waals surface area (Å²) in [5.74, 6) is 1.56. The lowest BCUT2D eigenvalue weighted by Gasteiger charge is -2.12. The van der Waals surface area contributed by atoms with Crippen molar-refractivity contribution >= 4 is 52.9 Å². The predicted molar refractivity (Wildman–Crippen MR) is 122 cm³/mol. The van der Waals surface area contributed by atoms with Crippen LogP contribution >= 0.6 is 46.9 Å². The van der Waals surface area contributed by atoms with Crippen molar-refractivity contribution in [1.29, 1.82) is 0 Å². The lowest BCUT2D eigenvalue weighted by atomic mass is 10.1. The summed E-state index contributed by atoms with van der Waals surface area (Å²) in [5.41, 5.74) is 2.21. The second kappa shape index (κ2) is 11.6. The maximum Gasteiger partial charge on any atom is 0.191 e. The van der Waals surface area contributed by atoms with Crippen LogP contribution in [-0.4, -0.2) is 38.2 Å². The van der Waals surface area contributed by atoms with Crippen molar-refractivity contribution in [3.05, 3.63) is 44.4 Å². The van der Waals surface area contributed by atoms with Crippen LogP contribution < -0.4 is 15.4 Å². The van der Waals surface area contributed by atoms with Gasteiger partial charge in [0.15, 0.2) is 5.96 Å². The number of methoxy groups -OCH3 is 1. The minimum Gasteiger partial charge on any atom is -0.497 e. The Bertz CT molecular complexity index is 716. The fourth-order valence-corrected chi connectivity index (χ4v) is 3.53. The van der Waals surface area contributed by atoms with E-state index in [1.54, 1.807) is 25.5 Å². The van der Waals surface area contributed by atoms with E-state index in [9.17, 15) is 0 Å². The van der Waals surface area contributed by atoms with Gasteiger partial charge in [0.1, 0.15) is 5.75 Å². The molecular weight excluding hydrogens is 483 g/mol. The highest BCUT2D eigenvalue weighted by atomic mass is 127. The molecule has 0 aliphatic carbocycles. The van der Waals surface area contributed by atoms with Gasteiger partial charge in [-0.15, -0.1) is 35.3 Å². The maximum atomic E-state index is 6.26. The average molecular weight is 509 g/mol. The molecule has 0 saturated heterocycles. The van der Waals surface area contributed by atoms with Crippen molar-refractivity contribution in [3.8, 4) is 5.75 Å². The number of thiazole rings is 1. The summed E-state index contributed by atoms with van der Waals surface area (Å²) in [6.07, 6.45) is 1.71. The van der Waals surface area contributed by atoms with Crippen LogP contribution in [0.1, 0.15) is 21.1 Å². The molecule has 8 heteroatoms. The monoisotopic (exact) mass is 508 g/mol. The van der Waals surface area contributed by atoms with Gasteiger partial charge in [-0.1, -0.05) is 17.7 Å². The van der Waals surface area contributed by atoms with E-state index in [1.807, 2.05) is 25.1 Å². The molecule has 1 heterocycles. The number of benzene rings is 1. The minimum absolute atomic E-state index is 0. The molecule has 5 nitrogen and oxygen atoms in total. The number of aromatic nitrogens is 1. The van der Waals surface area contributed by atoms with Crippen LogP contribution in [0.2, 0.25) is 5.02 Å². The third kappa shape index (κ3) is 6.92. The van der Waals surface area contributed by atoms with E-state index in [4.69, 9.17) is 16.3 Å². The number of ether oxygens (including phenoxy) is 1. The van der Waals surface area contributed by atoms with Gasteiger partial charge in [-0.3, -0.25) is 4.99 Å². The van der Waals surface area contributed by atoms with Gasteiger partial charge in [-0.25, -0.2) is 4.98 Å². The number of rotatable bonds is 7. The fraction of sp³-hybridized carbons (Fsp3) is 0.444. The van der Waals surface area contributed by atoms with Crippen LogP contribution in [0.25, 0.3) is 0 Å². The van der Waals surface area contributed by atoms with Crippen molar-refractivity contribution in [2.24, 2.45) is 4.99 Å². The summed E-state index contributed by atoms with van der Waals surface area (Å²) < 4.78 is 5.17. The first-order valence-electron chi connectivity index (χ1n) is 8.23. The summed E-state index contributed by atoms with van der Waals surface area (Å²) in [4.78, 5) is 10.1. The molecule has 0 fully saturated rings. The quantitative estimate of drug-likeness (QED) is 0.337. The third-order valence-corrected chi connectivity index (χ3v) is 5.36. The third-order valence-electron chi connectivity index (χ3n) is 3.87. The SMILES string of the molecule is CN=C(NCCc1nc(C)c(C)s1)NCCc1ccc(OC)cc1Cl.I. The molecular formula is C18H26ClIN4OS. The topological polar surface area (TPSA) is 58.5 Å². The van der Waals surface area contributed by atoms with E-state index in [-0.39, 0.29) is 24.0 Å². The van der Waals surface area contributed by atoms with Crippen molar-refractivity contribution in [2.75, 3.05) is 27.2 Å². The van der Waals surface area contributed by atoms with Gasteiger partial charge in [0, 0.05) is 36.5 Å². The molecule has 0 unspecified atom stereocenters. The molecule has 0 atom stereocenters. The Kier molecular flexibility index (Phi) is 10.3. The number of aliphatic imine (C=N–C) groups is 1. The van der Waals surface area contributed by atoms with E-state index >= 15 is 0 Å². The fourth-order valence-electron chi connectivity index (χ4n) is 2.33. The Hall–Kier alpha value is -1.06. The van der Waals surface area contributed by atoms with Gasteiger partial charge in [0.2, 0.25) is 0 Å². The van der Waals surface area contributed by atoms with E-state index in [0.29, 0.717) is 0 Å². The Morgan fingerprint density at radius 1 is 1.23 bits per heavy atom. The number of hydrogen-bond donors (Lipinski definition) is 2. The zero-order chi connectivity index (χ0) is 18.2. The first-order valence-corrected chi connectivity index (χ1v) is 9.42. The van der Waals surface area contributed by atoms with Crippen molar-refractivity contribution in [1.82, 2.24) is 15.6 Å². The van der Waals surface area contributed by atoms with Gasteiger partial charge < -0.3 is 15.4 Å². The number of nitrogens with zero attached hydrogens (tertiary/aromatic N) is 2. The van der Waals surface area contributed by atoms with Crippen LogP contribution in [0, 0.1) is 13.8 Å². The van der Waals surface area contributed by atoms with Gasteiger partial charge >= 0.3 is 0 Å². The van der Waals surface area contributed by atoms with Crippen molar-refractivity contribution in [3.63, 3.8) is 0 Å². The number of nitrogens with one attached hydrogen (secondary N) is 2. The molecule has 0 radical (unpaired) electrons. The lowest BCUT2D eigenvalue weighted by Crippen LogP contribution is -2.39. The second-order valence-corrected chi connectivity index (χ2v) is 7.33. The molecule has 144 valence electrons. The average Bonchev–Trinajstić information content (AvgIpc) is 2.92. The molecule has 2 rings (SSSR count). The smallest absolute Gasteiger partial charge is 0.191 e. The maximum absolute atomic E-state index is 6.26. The Morgan fingerprint density at radius 3 is 2.46 bits per heavy atom.